The van der Waals surface area contributed by atoms with Crippen LogP contribution in [0.5, 0.6) is 0 Å². The smallest absolute Gasteiger partial charge is 0.324 e. The Kier molecular flexibility index (Phi) is 5.98. The number of carbonyl (C=O) groups excluding carboxylic acids is 1. The summed E-state index contributed by atoms with van der Waals surface area (Å²) in [5, 5.41) is 9.08. The molecule has 1 saturated carbocycles. The first-order valence-corrected chi connectivity index (χ1v) is 6.28. The van der Waals surface area contributed by atoms with Gasteiger partial charge in [0.15, 0.2) is 5.41 Å². The number of aliphatic carboxylic acids is 1. The Balaban J connectivity index is 2.21. The minimum Gasteiger partial charge on any atom is -0.480 e. The fourth-order valence-electron chi connectivity index (χ4n) is 1.83. The van der Waals surface area contributed by atoms with Crippen molar-refractivity contribution in [2.24, 2.45) is 11.3 Å². The lowest BCUT2D eigenvalue weighted by Crippen LogP contribution is -2.30. The van der Waals surface area contributed by atoms with Crippen LogP contribution in [-0.4, -0.2) is 50.1 Å². The number of ether oxygens (including phenoxy) is 3. The summed E-state index contributed by atoms with van der Waals surface area (Å²) in [6, 6.07) is 0. The molecule has 108 valence electrons. The van der Waals surface area contributed by atoms with Crippen molar-refractivity contribution >= 4 is 11.9 Å². The zero-order valence-electron chi connectivity index (χ0n) is 11.1. The Hall–Kier alpha value is -1.40. The normalized spacial score (nSPS) is 24.8. The summed E-state index contributed by atoms with van der Waals surface area (Å²) in [6.07, 6.45) is 1.74. The van der Waals surface area contributed by atoms with Crippen LogP contribution >= 0.6 is 0 Å². The molecule has 6 heteroatoms. The second kappa shape index (κ2) is 7.25. The van der Waals surface area contributed by atoms with Crippen LogP contribution in [0, 0.1) is 11.3 Å². The molecule has 1 rings (SSSR count). The van der Waals surface area contributed by atoms with E-state index in [1.54, 1.807) is 0 Å². The molecule has 0 radical (unpaired) electrons. The van der Waals surface area contributed by atoms with Crippen LogP contribution in [0.25, 0.3) is 0 Å². The highest BCUT2D eigenvalue weighted by Gasteiger charge is 2.66. The van der Waals surface area contributed by atoms with Gasteiger partial charge in [0, 0.05) is 12.5 Å². The zero-order valence-corrected chi connectivity index (χ0v) is 11.1. The average Bonchev–Trinajstić information content (AvgIpc) is 3.13. The third kappa shape index (κ3) is 3.78. The summed E-state index contributed by atoms with van der Waals surface area (Å²) in [7, 11) is 0. The predicted octanol–water partition coefficient (Wildman–Crippen LogP) is 0.860. The fraction of sp³-hybridized carbons (Fsp3) is 0.692. The van der Waals surface area contributed by atoms with Crippen molar-refractivity contribution in [3.05, 3.63) is 12.7 Å². The molecule has 0 saturated heterocycles. The highest BCUT2D eigenvalue weighted by atomic mass is 16.6. The van der Waals surface area contributed by atoms with Gasteiger partial charge in [-0.3, -0.25) is 9.59 Å². The van der Waals surface area contributed by atoms with Gasteiger partial charge in [0.2, 0.25) is 0 Å². The van der Waals surface area contributed by atoms with Gasteiger partial charge in [-0.15, -0.1) is 6.58 Å². The Bertz CT molecular complexity index is 340. The van der Waals surface area contributed by atoms with E-state index in [1.165, 1.54) is 6.08 Å². The minimum absolute atomic E-state index is 0.0455. The molecule has 0 aromatic heterocycles. The lowest BCUT2D eigenvalue weighted by atomic mass is 10.0. The largest absolute Gasteiger partial charge is 0.480 e. The monoisotopic (exact) mass is 272 g/mol. The van der Waals surface area contributed by atoms with Crippen LogP contribution in [0.15, 0.2) is 12.7 Å². The summed E-state index contributed by atoms with van der Waals surface area (Å²) in [4.78, 5) is 22.8. The molecular weight excluding hydrogens is 252 g/mol. The van der Waals surface area contributed by atoms with E-state index in [0.29, 0.717) is 19.8 Å². The van der Waals surface area contributed by atoms with Crippen LogP contribution in [0.1, 0.15) is 13.3 Å². The van der Waals surface area contributed by atoms with Gasteiger partial charge >= 0.3 is 11.9 Å². The standard InChI is InChI=1S/C13H20O6/c1-3-10-9-13(10,11(14)15)12(16)19-8-7-18-6-5-17-4-2/h3,10H,1,4-9H2,2H3,(H,14,15). The lowest BCUT2D eigenvalue weighted by molar-refractivity contribution is -0.162. The van der Waals surface area contributed by atoms with Crippen LogP contribution in [0.2, 0.25) is 0 Å². The molecule has 1 aliphatic carbocycles. The number of carboxylic acid groups (broad SMARTS) is 1. The third-order valence-electron chi connectivity index (χ3n) is 3.08. The van der Waals surface area contributed by atoms with Crippen molar-refractivity contribution in [2.75, 3.05) is 33.0 Å². The molecule has 0 aromatic carbocycles. The first-order chi connectivity index (χ1) is 9.09. The van der Waals surface area contributed by atoms with E-state index in [-0.39, 0.29) is 25.6 Å². The van der Waals surface area contributed by atoms with Gasteiger partial charge < -0.3 is 19.3 Å². The molecule has 0 heterocycles. The summed E-state index contributed by atoms with van der Waals surface area (Å²) >= 11 is 0. The van der Waals surface area contributed by atoms with Gasteiger partial charge in [0.05, 0.1) is 19.8 Å². The SMILES string of the molecule is C=CC1CC1(C(=O)O)C(=O)OCCOCCOCC. The molecule has 0 bridgehead atoms. The van der Waals surface area contributed by atoms with Crippen molar-refractivity contribution in [1.82, 2.24) is 0 Å². The molecule has 0 aliphatic heterocycles. The number of carboxylic acids is 1. The molecular formula is C13H20O6. The van der Waals surface area contributed by atoms with Gasteiger partial charge in [0.1, 0.15) is 6.61 Å². The molecule has 0 spiro atoms. The molecule has 19 heavy (non-hydrogen) atoms. The fourth-order valence-corrected chi connectivity index (χ4v) is 1.83. The van der Waals surface area contributed by atoms with Crippen LogP contribution in [0.4, 0.5) is 0 Å². The minimum atomic E-state index is -1.42. The van der Waals surface area contributed by atoms with Crippen LogP contribution < -0.4 is 0 Å². The average molecular weight is 272 g/mol. The number of hydrogen-bond donors (Lipinski definition) is 1. The van der Waals surface area contributed by atoms with Crippen molar-refractivity contribution in [3.8, 4) is 0 Å². The number of hydrogen-bond acceptors (Lipinski definition) is 5. The maximum atomic E-state index is 11.7. The van der Waals surface area contributed by atoms with Gasteiger partial charge in [0.25, 0.3) is 0 Å². The Morgan fingerprint density at radius 1 is 1.32 bits per heavy atom. The van der Waals surface area contributed by atoms with Crippen molar-refractivity contribution in [2.45, 2.75) is 13.3 Å². The van der Waals surface area contributed by atoms with E-state index in [9.17, 15) is 9.59 Å². The van der Waals surface area contributed by atoms with Crippen molar-refractivity contribution < 1.29 is 28.9 Å². The van der Waals surface area contributed by atoms with Crippen molar-refractivity contribution in [3.63, 3.8) is 0 Å². The number of carbonyl (C=O) groups is 2. The van der Waals surface area contributed by atoms with E-state index in [2.05, 4.69) is 6.58 Å². The molecule has 1 aliphatic rings. The first-order valence-electron chi connectivity index (χ1n) is 6.28. The topological polar surface area (TPSA) is 82.1 Å². The maximum absolute atomic E-state index is 11.7. The summed E-state index contributed by atoms with van der Waals surface area (Å²) in [5.74, 6) is -2.20. The maximum Gasteiger partial charge on any atom is 0.324 e. The summed E-state index contributed by atoms with van der Waals surface area (Å²) in [6.45, 7) is 7.21. The first kappa shape index (κ1) is 15.7. The molecule has 0 amide bonds. The van der Waals surface area contributed by atoms with E-state index in [0.717, 1.165) is 0 Å². The van der Waals surface area contributed by atoms with Gasteiger partial charge in [-0.2, -0.15) is 0 Å². The second-order valence-electron chi connectivity index (χ2n) is 4.27. The molecule has 6 nitrogen and oxygen atoms in total. The Morgan fingerprint density at radius 3 is 2.47 bits per heavy atom. The van der Waals surface area contributed by atoms with Crippen molar-refractivity contribution in [1.29, 1.82) is 0 Å². The molecule has 1 fully saturated rings. The van der Waals surface area contributed by atoms with Gasteiger partial charge in [-0.05, 0) is 13.3 Å². The number of allylic oxidation sites excluding steroid dienone is 1. The van der Waals surface area contributed by atoms with Gasteiger partial charge in [-0.25, -0.2) is 0 Å². The predicted molar refractivity (Wildman–Crippen MR) is 66.6 cm³/mol. The Morgan fingerprint density at radius 2 is 1.95 bits per heavy atom. The lowest BCUT2D eigenvalue weighted by Gasteiger charge is -2.11. The number of esters is 1. The van der Waals surface area contributed by atoms with Gasteiger partial charge in [-0.1, -0.05) is 6.08 Å². The number of rotatable bonds is 10. The quantitative estimate of drug-likeness (QED) is 0.275. The highest BCUT2D eigenvalue weighted by Crippen LogP contribution is 2.54. The molecule has 1 N–H and O–H groups in total. The summed E-state index contributed by atoms with van der Waals surface area (Å²) in [5.41, 5.74) is -1.42. The molecule has 0 aromatic rings. The van der Waals surface area contributed by atoms with E-state index < -0.39 is 17.4 Å². The second-order valence-corrected chi connectivity index (χ2v) is 4.27. The highest BCUT2D eigenvalue weighted by molar-refractivity contribution is 6.03. The third-order valence-corrected chi connectivity index (χ3v) is 3.08. The molecule has 2 unspecified atom stereocenters. The van der Waals surface area contributed by atoms with E-state index >= 15 is 0 Å². The molecule has 2 atom stereocenters. The van der Waals surface area contributed by atoms with E-state index in [1.807, 2.05) is 6.92 Å². The van der Waals surface area contributed by atoms with Crippen LogP contribution in [-0.2, 0) is 23.8 Å². The Labute approximate surface area is 112 Å². The summed E-state index contributed by atoms with van der Waals surface area (Å²) < 4.78 is 15.2. The van der Waals surface area contributed by atoms with E-state index in [4.69, 9.17) is 19.3 Å². The van der Waals surface area contributed by atoms with Crippen LogP contribution in [0.3, 0.4) is 0 Å². The zero-order chi connectivity index (χ0) is 14.3.